The highest BCUT2D eigenvalue weighted by Gasteiger charge is 2.31. The van der Waals surface area contributed by atoms with Gasteiger partial charge in [0.2, 0.25) is 0 Å². The molecule has 18 heavy (non-hydrogen) atoms. The van der Waals surface area contributed by atoms with E-state index in [-0.39, 0.29) is 17.3 Å². The van der Waals surface area contributed by atoms with Crippen LogP contribution >= 0.6 is 11.3 Å². The first-order chi connectivity index (χ1) is 8.43. The Morgan fingerprint density at radius 2 is 1.78 bits per heavy atom. The van der Waals surface area contributed by atoms with Crippen LogP contribution in [-0.2, 0) is 5.41 Å². The molecule has 2 aromatic rings. The number of thiophene rings is 1. The molecule has 0 radical (unpaired) electrons. The molecule has 1 atom stereocenters. The molecule has 0 spiro atoms. The van der Waals surface area contributed by atoms with Crippen molar-refractivity contribution in [2.45, 2.75) is 32.2 Å². The van der Waals surface area contributed by atoms with Crippen LogP contribution in [0, 0.1) is 12.7 Å². The van der Waals surface area contributed by atoms with Crippen LogP contribution in [0.25, 0.3) is 0 Å². The quantitative estimate of drug-likeness (QED) is 0.883. The van der Waals surface area contributed by atoms with Crippen molar-refractivity contribution in [2.75, 3.05) is 0 Å². The predicted molar refractivity (Wildman–Crippen MR) is 75.4 cm³/mol. The molecular formula is C15H18FNS. The Morgan fingerprint density at radius 1 is 1.17 bits per heavy atom. The minimum absolute atomic E-state index is 0.0806. The molecule has 0 aliphatic heterocycles. The van der Waals surface area contributed by atoms with E-state index in [2.05, 4.69) is 32.2 Å². The Bertz CT molecular complexity index is 528. The third-order valence-electron chi connectivity index (χ3n) is 3.55. The second-order valence-corrected chi connectivity index (χ2v) is 6.12. The minimum Gasteiger partial charge on any atom is -0.323 e. The number of hydrogen-bond donors (Lipinski definition) is 1. The van der Waals surface area contributed by atoms with Crippen molar-refractivity contribution in [1.82, 2.24) is 0 Å². The zero-order chi connectivity index (χ0) is 13.3. The summed E-state index contributed by atoms with van der Waals surface area (Å²) in [4.78, 5) is 1.20. The SMILES string of the molecule is Cc1ccsc1C(N)C(C)(C)c1ccc(F)cc1. The lowest BCUT2D eigenvalue weighted by Crippen LogP contribution is -2.33. The molecule has 1 aromatic heterocycles. The zero-order valence-electron chi connectivity index (χ0n) is 10.9. The normalized spacial score (nSPS) is 13.6. The second kappa shape index (κ2) is 4.82. The molecule has 0 saturated carbocycles. The van der Waals surface area contributed by atoms with Crippen LogP contribution in [0.2, 0.25) is 0 Å². The van der Waals surface area contributed by atoms with Crippen molar-refractivity contribution < 1.29 is 4.39 Å². The molecule has 1 nitrogen and oxygen atoms in total. The Morgan fingerprint density at radius 3 is 2.28 bits per heavy atom. The van der Waals surface area contributed by atoms with E-state index in [1.165, 1.54) is 22.6 Å². The number of rotatable bonds is 3. The summed E-state index contributed by atoms with van der Waals surface area (Å²) in [5.74, 6) is -0.213. The lowest BCUT2D eigenvalue weighted by molar-refractivity contribution is 0.424. The van der Waals surface area contributed by atoms with Crippen LogP contribution < -0.4 is 5.73 Å². The smallest absolute Gasteiger partial charge is 0.123 e. The van der Waals surface area contributed by atoms with Crippen LogP contribution in [0.1, 0.15) is 35.9 Å². The van der Waals surface area contributed by atoms with E-state index in [1.54, 1.807) is 11.3 Å². The average Bonchev–Trinajstić information content (AvgIpc) is 2.75. The first kappa shape index (κ1) is 13.2. The third-order valence-corrected chi connectivity index (χ3v) is 4.65. The van der Waals surface area contributed by atoms with E-state index in [0.717, 1.165) is 5.56 Å². The molecule has 1 heterocycles. The maximum absolute atomic E-state index is 13.0. The summed E-state index contributed by atoms with van der Waals surface area (Å²) in [6, 6.07) is 8.62. The minimum atomic E-state index is -0.219. The van der Waals surface area contributed by atoms with Gasteiger partial charge in [-0.2, -0.15) is 0 Å². The standard InChI is InChI=1S/C15H18FNS/c1-10-8-9-18-13(10)14(17)15(2,3)11-4-6-12(16)7-5-11/h4-9,14H,17H2,1-3H3. The predicted octanol–water partition coefficient (Wildman–Crippen LogP) is 4.17. The van der Waals surface area contributed by atoms with Gasteiger partial charge in [-0.15, -0.1) is 11.3 Å². The maximum Gasteiger partial charge on any atom is 0.123 e. The highest BCUT2D eigenvalue weighted by molar-refractivity contribution is 7.10. The van der Waals surface area contributed by atoms with Crippen molar-refractivity contribution in [3.8, 4) is 0 Å². The Labute approximate surface area is 111 Å². The van der Waals surface area contributed by atoms with E-state index in [1.807, 2.05) is 12.1 Å². The van der Waals surface area contributed by atoms with E-state index in [9.17, 15) is 4.39 Å². The summed E-state index contributed by atoms with van der Waals surface area (Å²) in [6.45, 7) is 6.28. The summed E-state index contributed by atoms with van der Waals surface area (Å²) in [5.41, 5.74) is 8.47. The Balaban J connectivity index is 2.36. The van der Waals surface area contributed by atoms with Crippen LogP contribution in [0.3, 0.4) is 0 Å². The van der Waals surface area contributed by atoms with Crippen LogP contribution in [0.5, 0.6) is 0 Å². The molecule has 0 bridgehead atoms. The first-order valence-corrected chi connectivity index (χ1v) is 6.86. The highest BCUT2D eigenvalue weighted by atomic mass is 32.1. The van der Waals surface area contributed by atoms with E-state index in [0.29, 0.717) is 0 Å². The van der Waals surface area contributed by atoms with Crippen molar-refractivity contribution >= 4 is 11.3 Å². The summed E-state index contributed by atoms with van der Waals surface area (Å²) < 4.78 is 13.0. The van der Waals surface area contributed by atoms with E-state index < -0.39 is 0 Å². The number of hydrogen-bond acceptors (Lipinski definition) is 2. The van der Waals surface area contributed by atoms with E-state index in [4.69, 9.17) is 5.73 Å². The Kier molecular flexibility index (Phi) is 3.55. The fraction of sp³-hybridized carbons (Fsp3) is 0.333. The zero-order valence-corrected chi connectivity index (χ0v) is 11.7. The van der Waals surface area contributed by atoms with Crippen molar-refractivity contribution in [3.05, 3.63) is 57.5 Å². The highest BCUT2D eigenvalue weighted by Crippen LogP contribution is 2.38. The summed E-state index contributed by atoms with van der Waals surface area (Å²) in [6.07, 6.45) is 0. The third kappa shape index (κ3) is 2.33. The summed E-state index contributed by atoms with van der Waals surface area (Å²) in [5, 5.41) is 2.06. The Hall–Kier alpha value is -1.19. The lowest BCUT2D eigenvalue weighted by Gasteiger charge is -2.32. The molecule has 1 aromatic carbocycles. The van der Waals surface area contributed by atoms with Gasteiger partial charge in [-0.1, -0.05) is 26.0 Å². The molecule has 0 fully saturated rings. The first-order valence-electron chi connectivity index (χ1n) is 5.98. The van der Waals surface area contributed by atoms with Gasteiger partial charge in [0.05, 0.1) is 0 Å². The fourth-order valence-corrected chi connectivity index (χ4v) is 3.20. The summed E-state index contributed by atoms with van der Waals surface area (Å²) >= 11 is 1.68. The molecule has 96 valence electrons. The summed E-state index contributed by atoms with van der Waals surface area (Å²) in [7, 11) is 0. The van der Waals surface area contributed by atoms with Gasteiger partial charge in [0.25, 0.3) is 0 Å². The van der Waals surface area contributed by atoms with Gasteiger partial charge >= 0.3 is 0 Å². The van der Waals surface area contributed by atoms with Gasteiger partial charge in [-0.3, -0.25) is 0 Å². The van der Waals surface area contributed by atoms with Gasteiger partial charge in [0, 0.05) is 16.3 Å². The molecule has 0 saturated heterocycles. The van der Waals surface area contributed by atoms with Crippen molar-refractivity contribution in [3.63, 3.8) is 0 Å². The monoisotopic (exact) mass is 263 g/mol. The van der Waals surface area contributed by atoms with Crippen LogP contribution in [-0.4, -0.2) is 0 Å². The van der Waals surface area contributed by atoms with Gasteiger partial charge in [-0.05, 0) is 41.6 Å². The van der Waals surface area contributed by atoms with Crippen LogP contribution in [0.4, 0.5) is 4.39 Å². The number of halogens is 1. The number of nitrogens with two attached hydrogens (primary N) is 1. The average molecular weight is 263 g/mol. The molecule has 0 amide bonds. The van der Waals surface area contributed by atoms with E-state index >= 15 is 0 Å². The van der Waals surface area contributed by atoms with Crippen molar-refractivity contribution in [1.29, 1.82) is 0 Å². The molecule has 1 unspecified atom stereocenters. The second-order valence-electron chi connectivity index (χ2n) is 5.17. The molecule has 2 N–H and O–H groups in total. The molecular weight excluding hydrogens is 245 g/mol. The van der Waals surface area contributed by atoms with Gasteiger partial charge in [0.1, 0.15) is 5.82 Å². The van der Waals surface area contributed by atoms with Crippen LogP contribution in [0.15, 0.2) is 35.7 Å². The molecule has 0 aliphatic rings. The van der Waals surface area contributed by atoms with Gasteiger partial charge < -0.3 is 5.73 Å². The van der Waals surface area contributed by atoms with Gasteiger partial charge in [-0.25, -0.2) is 4.39 Å². The van der Waals surface area contributed by atoms with Gasteiger partial charge in [0.15, 0.2) is 0 Å². The molecule has 3 heteroatoms. The molecule has 0 aliphatic carbocycles. The largest absolute Gasteiger partial charge is 0.323 e. The molecule has 2 rings (SSSR count). The van der Waals surface area contributed by atoms with Crippen molar-refractivity contribution in [2.24, 2.45) is 5.73 Å². The lowest BCUT2D eigenvalue weighted by atomic mass is 9.77. The maximum atomic E-state index is 13.0. The topological polar surface area (TPSA) is 26.0 Å². The number of benzene rings is 1. The fourth-order valence-electron chi connectivity index (χ4n) is 2.09. The number of aryl methyl sites for hydroxylation is 1.